The van der Waals surface area contributed by atoms with Crippen LogP contribution in [0.1, 0.15) is 22.5 Å². The normalized spacial score (nSPS) is 11.1. The first kappa shape index (κ1) is 14.6. The summed E-state index contributed by atoms with van der Waals surface area (Å²) in [6, 6.07) is 11.0. The molecule has 1 aromatic heterocycles. The number of rotatable bonds is 5. The first-order valence-electron chi connectivity index (χ1n) is 6.66. The van der Waals surface area contributed by atoms with E-state index in [0.29, 0.717) is 13.1 Å². The van der Waals surface area contributed by atoms with Crippen LogP contribution >= 0.6 is 0 Å². The average molecular weight is 273 g/mol. The van der Waals surface area contributed by atoms with E-state index in [1.54, 1.807) is 6.07 Å². The smallest absolute Gasteiger partial charge is 0.123 e. The van der Waals surface area contributed by atoms with Crippen molar-refractivity contribution in [2.75, 3.05) is 7.05 Å². The largest absolute Gasteiger partial charge is 0.326 e. The molecule has 1 aromatic carbocycles. The van der Waals surface area contributed by atoms with Gasteiger partial charge in [0.25, 0.3) is 0 Å². The third kappa shape index (κ3) is 4.11. The second-order valence-corrected chi connectivity index (χ2v) is 5.11. The Morgan fingerprint density at radius 2 is 1.90 bits per heavy atom. The summed E-state index contributed by atoms with van der Waals surface area (Å²) < 4.78 is 13.5. The lowest BCUT2D eigenvalue weighted by molar-refractivity contribution is 0.314. The van der Waals surface area contributed by atoms with E-state index in [-0.39, 0.29) is 5.82 Å². The molecule has 2 N–H and O–H groups in total. The molecule has 1 heterocycles. The number of aromatic nitrogens is 1. The fourth-order valence-corrected chi connectivity index (χ4v) is 2.26. The lowest BCUT2D eigenvalue weighted by Crippen LogP contribution is -2.18. The van der Waals surface area contributed by atoms with E-state index in [0.717, 1.165) is 29.1 Å². The second kappa shape index (κ2) is 6.59. The molecule has 4 heteroatoms. The fraction of sp³-hybridized carbons (Fsp3) is 0.312. The van der Waals surface area contributed by atoms with Gasteiger partial charge in [-0.2, -0.15) is 0 Å². The summed E-state index contributed by atoms with van der Waals surface area (Å²) in [5.41, 5.74) is 9.34. The number of benzene rings is 1. The van der Waals surface area contributed by atoms with Crippen LogP contribution < -0.4 is 5.73 Å². The Morgan fingerprint density at radius 3 is 2.60 bits per heavy atom. The molecular formula is C16H20FN3. The maximum absolute atomic E-state index is 13.5. The number of nitrogens with zero attached hydrogens (tertiary/aromatic N) is 2. The highest BCUT2D eigenvalue weighted by atomic mass is 19.1. The van der Waals surface area contributed by atoms with Gasteiger partial charge >= 0.3 is 0 Å². The lowest BCUT2D eigenvalue weighted by Gasteiger charge is -2.17. The number of aryl methyl sites for hydroxylation is 1. The van der Waals surface area contributed by atoms with Crippen LogP contribution in [0, 0.1) is 12.7 Å². The first-order chi connectivity index (χ1) is 9.56. The average Bonchev–Trinajstić information content (AvgIpc) is 2.37. The third-order valence-electron chi connectivity index (χ3n) is 3.08. The summed E-state index contributed by atoms with van der Waals surface area (Å²) in [6.07, 6.45) is 0. The predicted molar refractivity (Wildman–Crippen MR) is 78.4 cm³/mol. The first-order valence-corrected chi connectivity index (χ1v) is 6.66. The van der Waals surface area contributed by atoms with E-state index in [9.17, 15) is 4.39 Å². The van der Waals surface area contributed by atoms with Gasteiger partial charge < -0.3 is 5.73 Å². The summed E-state index contributed by atoms with van der Waals surface area (Å²) in [5, 5.41) is 0. The minimum absolute atomic E-state index is 0.231. The minimum atomic E-state index is -0.231. The molecule has 2 aromatic rings. The number of hydrogen-bond donors (Lipinski definition) is 1. The van der Waals surface area contributed by atoms with Crippen LogP contribution in [0.15, 0.2) is 36.4 Å². The maximum atomic E-state index is 13.5. The van der Waals surface area contributed by atoms with Gasteiger partial charge in [-0.15, -0.1) is 0 Å². The second-order valence-electron chi connectivity index (χ2n) is 5.11. The van der Waals surface area contributed by atoms with Crippen molar-refractivity contribution in [3.63, 3.8) is 0 Å². The molecule has 0 fully saturated rings. The molecule has 0 atom stereocenters. The van der Waals surface area contributed by atoms with Gasteiger partial charge in [0.15, 0.2) is 0 Å². The van der Waals surface area contributed by atoms with Crippen LogP contribution in [0.5, 0.6) is 0 Å². The van der Waals surface area contributed by atoms with Crippen molar-refractivity contribution in [2.45, 2.75) is 26.6 Å². The van der Waals surface area contributed by atoms with Gasteiger partial charge in [-0.25, -0.2) is 4.39 Å². The molecule has 0 unspecified atom stereocenters. The maximum Gasteiger partial charge on any atom is 0.123 e. The zero-order chi connectivity index (χ0) is 14.5. The third-order valence-corrected chi connectivity index (χ3v) is 3.08. The molecule has 0 saturated carbocycles. The zero-order valence-electron chi connectivity index (χ0n) is 11.9. The molecular weight excluding hydrogens is 253 g/mol. The Hall–Kier alpha value is -1.78. The highest BCUT2D eigenvalue weighted by Gasteiger charge is 2.05. The predicted octanol–water partition coefficient (Wildman–Crippen LogP) is 2.62. The van der Waals surface area contributed by atoms with Crippen LogP contribution in [0.4, 0.5) is 4.39 Å². The Labute approximate surface area is 119 Å². The van der Waals surface area contributed by atoms with Gasteiger partial charge in [0.1, 0.15) is 5.82 Å². The zero-order valence-corrected chi connectivity index (χ0v) is 11.9. The van der Waals surface area contributed by atoms with Crippen LogP contribution in [-0.4, -0.2) is 16.9 Å². The summed E-state index contributed by atoms with van der Waals surface area (Å²) >= 11 is 0. The van der Waals surface area contributed by atoms with Crippen molar-refractivity contribution in [1.29, 1.82) is 0 Å². The summed E-state index contributed by atoms with van der Waals surface area (Å²) in [7, 11) is 2.00. The van der Waals surface area contributed by atoms with E-state index >= 15 is 0 Å². The monoisotopic (exact) mass is 273 g/mol. The quantitative estimate of drug-likeness (QED) is 0.910. The lowest BCUT2D eigenvalue weighted by atomic mass is 10.1. The highest BCUT2D eigenvalue weighted by Crippen LogP contribution is 2.12. The van der Waals surface area contributed by atoms with E-state index in [4.69, 9.17) is 5.73 Å². The molecule has 3 nitrogen and oxygen atoms in total. The van der Waals surface area contributed by atoms with Crippen molar-refractivity contribution in [2.24, 2.45) is 5.73 Å². The van der Waals surface area contributed by atoms with Crippen molar-refractivity contribution in [3.8, 4) is 0 Å². The molecule has 106 valence electrons. The molecule has 0 aliphatic heterocycles. The molecule has 20 heavy (non-hydrogen) atoms. The van der Waals surface area contributed by atoms with Gasteiger partial charge in [-0.05, 0) is 49.4 Å². The molecule has 0 radical (unpaired) electrons. The van der Waals surface area contributed by atoms with E-state index < -0.39 is 0 Å². The molecule has 0 spiro atoms. The van der Waals surface area contributed by atoms with Gasteiger partial charge in [0, 0.05) is 25.3 Å². The Bertz CT molecular complexity index is 584. The van der Waals surface area contributed by atoms with Crippen LogP contribution in [-0.2, 0) is 19.6 Å². The fourth-order valence-electron chi connectivity index (χ4n) is 2.26. The van der Waals surface area contributed by atoms with Gasteiger partial charge in [0.05, 0.1) is 5.69 Å². The van der Waals surface area contributed by atoms with Crippen molar-refractivity contribution < 1.29 is 4.39 Å². The Morgan fingerprint density at radius 1 is 1.15 bits per heavy atom. The van der Waals surface area contributed by atoms with Crippen LogP contribution in [0.2, 0.25) is 0 Å². The molecule has 0 amide bonds. The van der Waals surface area contributed by atoms with Crippen molar-refractivity contribution in [1.82, 2.24) is 9.88 Å². The topological polar surface area (TPSA) is 42.1 Å². The minimum Gasteiger partial charge on any atom is -0.326 e. The number of hydrogen-bond acceptors (Lipinski definition) is 3. The number of halogens is 1. The molecule has 0 aliphatic rings. The number of pyridine rings is 1. The van der Waals surface area contributed by atoms with Gasteiger partial charge in [-0.1, -0.05) is 12.1 Å². The molecule has 2 rings (SSSR count). The highest BCUT2D eigenvalue weighted by molar-refractivity contribution is 5.24. The standard InChI is InChI=1S/C16H20FN3/c1-12-4-3-5-16(19-12)11-20(2)10-14-6-13(9-18)7-15(17)8-14/h3-8H,9-11,18H2,1-2H3. The number of nitrogens with two attached hydrogens (primary N) is 1. The SMILES string of the molecule is Cc1cccc(CN(C)Cc2cc(F)cc(CN)c2)n1. The van der Waals surface area contributed by atoms with E-state index in [1.165, 1.54) is 6.07 Å². The summed E-state index contributed by atoms with van der Waals surface area (Å²) in [4.78, 5) is 6.58. The van der Waals surface area contributed by atoms with E-state index in [2.05, 4.69) is 9.88 Å². The van der Waals surface area contributed by atoms with Crippen molar-refractivity contribution in [3.05, 3.63) is 64.7 Å². The molecule has 0 bridgehead atoms. The van der Waals surface area contributed by atoms with Crippen LogP contribution in [0.3, 0.4) is 0 Å². The Balaban J connectivity index is 2.04. The van der Waals surface area contributed by atoms with E-state index in [1.807, 2.05) is 38.2 Å². The molecule has 0 aliphatic carbocycles. The van der Waals surface area contributed by atoms with Crippen LogP contribution in [0.25, 0.3) is 0 Å². The summed E-state index contributed by atoms with van der Waals surface area (Å²) in [6.45, 7) is 3.73. The van der Waals surface area contributed by atoms with Gasteiger partial charge in [-0.3, -0.25) is 9.88 Å². The Kier molecular flexibility index (Phi) is 4.82. The molecule has 0 saturated heterocycles. The van der Waals surface area contributed by atoms with Gasteiger partial charge in [0.2, 0.25) is 0 Å². The van der Waals surface area contributed by atoms with Crippen molar-refractivity contribution >= 4 is 0 Å². The summed E-state index contributed by atoms with van der Waals surface area (Å²) in [5.74, 6) is -0.231.